The zero-order valence-corrected chi connectivity index (χ0v) is 8.97. The van der Waals surface area contributed by atoms with Crippen molar-refractivity contribution < 1.29 is 4.79 Å². The topological polar surface area (TPSA) is 52.9 Å². The van der Waals surface area contributed by atoms with E-state index in [1.54, 1.807) is 0 Å². The molecule has 1 saturated carbocycles. The molecule has 0 heterocycles. The lowest BCUT2D eigenvalue weighted by Gasteiger charge is -2.21. The highest BCUT2D eigenvalue weighted by Gasteiger charge is 2.35. The molecule has 78 valence electrons. The van der Waals surface area contributed by atoms with Gasteiger partial charge in [-0.3, -0.25) is 4.79 Å². The van der Waals surface area contributed by atoms with E-state index in [0.29, 0.717) is 18.8 Å². The summed E-state index contributed by atoms with van der Waals surface area (Å²) >= 11 is 0. The summed E-state index contributed by atoms with van der Waals surface area (Å²) in [5, 5.41) is 11.9. The number of hydrogen-bond acceptors (Lipinski definition) is 2. The van der Waals surface area contributed by atoms with E-state index in [0.717, 1.165) is 6.54 Å². The lowest BCUT2D eigenvalue weighted by Crippen LogP contribution is -2.40. The molecule has 1 rings (SSSR count). The zero-order valence-electron chi connectivity index (χ0n) is 8.97. The lowest BCUT2D eigenvalue weighted by molar-refractivity contribution is -0.128. The van der Waals surface area contributed by atoms with Crippen molar-refractivity contribution >= 4 is 5.91 Å². The van der Waals surface area contributed by atoms with Crippen molar-refractivity contribution in [3.05, 3.63) is 0 Å². The number of carbonyl (C=O) groups is 1. The van der Waals surface area contributed by atoms with Gasteiger partial charge in [0.25, 0.3) is 0 Å². The first-order valence-electron chi connectivity index (χ1n) is 5.38. The fourth-order valence-electron chi connectivity index (χ4n) is 1.51. The van der Waals surface area contributed by atoms with Crippen molar-refractivity contribution in [1.29, 1.82) is 5.26 Å². The lowest BCUT2D eigenvalue weighted by atomic mass is 9.83. The summed E-state index contributed by atoms with van der Waals surface area (Å²) in [6, 6.07) is 2.15. The molecule has 0 bridgehead atoms. The molecular weight excluding hydrogens is 176 g/mol. The SMILES string of the molecule is CCC(C#N)(CC)C(=O)NCC1CC1. The van der Waals surface area contributed by atoms with E-state index >= 15 is 0 Å². The maximum atomic E-state index is 11.8. The zero-order chi connectivity index (χ0) is 10.6. The van der Waals surface area contributed by atoms with Gasteiger partial charge in [-0.2, -0.15) is 5.26 Å². The number of hydrogen-bond donors (Lipinski definition) is 1. The first-order valence-corrected chi connectivity index (χ1v) is 5.38. The molecule has 0 aromatic carbocycles. The van der Waals surface area contributed by atoms with Crippen LogP contribution in [0.3, 0.4) is 0 Å². The van der Waals surface area contributed by atoms with E-state index in [1.165, 1.54) is 12.8 Å². The van der Waals surface area contributed by atoms with Crippen molar-refractivity contribution in [3.8, 4) is 6.07 Å². The van der Waals surface area contributed by atoms with Crippen molar-refractivity contribution in [3.63, 3.8) is 0 Å². The first kappa shape index (κ1) is 11.0. The van der Waals surface area contributed by atoms with E-state index < -0.39 is 5.41 Å². The molecule has 1 aliphatic carbocycles. The third kappa shape index (κ3) is 2.25. The van der Waals surface area contributed by atoms with Gasteiger partial charge in [0.1, 0.15) is 5.41 Å². The Morgan fingerprint density at radius 1 is 1.50 bits per heavy atom. The number of carbonyl (C=O) groups excluding carboxylic acids is 1. The number of rotatable bonds is 5. The molecule has 0 radical (unpaired) electrons. The molecule has 1 N–H and O–H groups in total. The molecule has 0 aliphatic heterocycles. The average Bonchev–Trinajstić information content (AvgIpc) is 3.02. The molecule has 0 saturated heterocycles. The number of nitrogens with zero attached hydrogens (tertiary/aromatic N) is 1. The molecule has 1 aliphatic rings. The minimum Gasteiger partial charge on any atom is -0.354 e. The molecule has 0 unspecified atom stereocenters. The predicted octanol–water partition coefficient (Wildman–Crippen LogP) is 1.84. The fourth-order valence-corrected chi connectivity index (χ4v) is 1.51. The summed E-state index contributed by atoms with van der Waals surface area (Å²) in [5.41, 5.74) is -0.797. The minimum absolute atomic E-state index is 0.0862. The molecule has 1 amide bonds. The molecular formula is C11H18N2O. The summed E-state index contributed by atoms with van der Waals surface area (Å²) in [7, 11) is 0. The Bertz CT molecular complexity index is 247. The van der Waals surface area contributed by atoms with Crippen LogP contribution < -0.4 is 5.32 Å². The Kier molecular flexibility index (Phi) is 3.51. The van der Waals surface area contributed by atoms with Gasteiger partial charge in [-0.05, 0) is 31.6 Å². The Labute approximate surface area is 85.5 Å². The van der Waals surface area contributed by atoms with E-state index in [2.05, 4.69) is 11.4 Å². The highest BCUT2D eigenvalue weighted by molar-refractivity contribution is 5.85. The number of nitrogens with one attached hydrogen (secondary N) is 1. The molecule has 3 nitrogen and oxygen atoms in total. The van der Waals surface area contributed by atoms with Crippen LogP contribution in [0.1, 0.15) is 39.5 Å². The predicted molar refractivity (Wildman–Crippen MR) is 54.4 cm³/mol. The molecule has 1 fully saturated rings. The third-order valence-corrected chi connectivity index (χ3v) is 3.10. The van der Waals surface area contributed by atoms with Gasteiger partial charge in [-0.25, -0.2) is 0 Å². The van der Waals surface area contributed by atoms with Crippen LogP contribution in [0.2, 0.25) is 0 Å². The Hall–Kier alpha value is -1.04. The quantitative estimate of drug-likeness (QED) is 0.726. The highest BCUT2D eigenvalue weighted by Crippen LogP contribution is 2.29. The maximum absolute atomic E-state index is 11.8. The van der Waals surface area contributed by atoms with Crippen LogP contribution in [0, 0.1) is 22.7 Å². The van der Waals surface area contributed by atoms with Gasteiger partial charge in [0.15, 0.2) is 0 Å². The normalized spacial score (nSPS) is 16.1. The number of nitriles is 1. The van der Waals surface area contributed by atoms with Gasteiger partial charge in [0.2, 0.25) is 5.91 Å². The van der Waals surface area contributed by atoms with Gasteiger partial charge in [0.05, 0.1) is 6.07 Å². The van der Waals surface area contributed by atoms with E-state index in [1.807, 2.05) is 13.8 Å². The summed E-state index contributed by atoms with van der Waals surface area (Å²) < 4.78 is 0. The average molecular weight is 194 g/mol. The second-order valence-electron chi connectivity index (χ2n) is 4.05. The van der Waals surface area contributed by atoms with Crippen LogP contribution in [-0.2, 0) is 4.79 Å². The summed E-state index contributed by atoms with van der Waals surface area (Å²) in [4.78, 5) is 11.8. The van der Waals surface area contributed by atoms with Crippen molar-refractivity contribution in [1.82, 2.24) is 5.32 Å². The van der Waals surface area contributed by atoms with Crippen LogP contribution in [0.4, 0.5) is 0 Å². The van der Waals surface area contributed by atoms with Crippen LogP contribution in [0.25, 0.3) is 0 Å². The second-order valence-corrected chi connectivity index (χ2v) is 4.05. The van der Waals surface area contributed by atoms with Gasteiger partial charge in [-0.15, -0.1) is 0 Å². The van der Waals surface area contributed by atoms with Crippen LogP contribution in [-0.4, -0.2) is 12.5 Å². The molecule has 0 aromatic heterocycles. The Morgan fingerprint density at radius 3 is 2.43 bits per heavy atom. The van der Waals surface area contributed by atoms with Crippen LogP contribution >= 0.6 is 0 Å². The molecule has 0 atom stereocenters. The first-order chi connectivity index (χ1) is 6.68. The van der Waals surface area contributed by atoms with Gasteiger partial charge in [-0.1, -0.05) is 13.8 Å². The Morgan fingerprint density at radius 2 is 2.07 bits per heavy atom. The second kappa shape index (κ2) is 4.45. The third-order valence-electron chi connectivity index (χ3n) is 3.10. The van der Waals surface area contributed by atoms with E-state index in [-0.39, 0.29) is 5.91 Å². The highest BCUT2D eigenvalue weighted by atomic mass is 16.2. The minimum atomic E-state index is -0.797. The van der Waals surface area contributed by atoms with Crippen LogP contribution in [0.15, 0.2) is 0 Å². The van der Waals surface area contributed by atoms with Crippen molar-refractivity contribution in [2.45, 2.75) is 39.5 Å². The maximum Gasteiger partial charge on any atom is 0.240 e. The number of amides is 1. The monoisotopic (exact) mass is 194 g/mol. The summed E-state index contributed by atoms with van der Waals surface area (Å²) in [6.45, 7) is 4.54. The van der Waals surface area contributed by atoms with Crippen LogP contribution in [0.5, 0.6) is 0 Å². The molecule has 3 heteroatoms. The van der Waals surface area contributed by atoms with E-state index in [4.69, 9.17) is 5.26 Å². The smallest absolute Gasteiger partial charge is 0.240 e. The van der Waals surface area contributed by atoms with Gasteiger partial charge >= 0.3 is 0 Å². The summed E-state index contributed by atoms with van der Waals surface area (Å²) in [5.74, 6) is 0.584. The Balaban J connectivity index is 2.49. The van der Waals surface area contributed by atoms with Gasteiger partial charge in [0, 0.05) is 6.54 Å². The van der Waals surface area contributed by atoms with E-state index in [9.17, 15) is 4.79 Å². The van der Waals surface area contributed by atoms with Crippen molar-refractivity contribution in [2.75, 3.05) is 6.54 Å². The standard InChI is InChI=1S/C11H18N2O/c1-3-11(4-2,8-12)10(14)13-7-9-5-6-9/h9H,3-7H2,1-2H3,(H,13,14). The molecule has 14 heavy (non-hydrogen) atoms. The fraction of sp³-hybridized carbons (Fsp3) is 0.818. The van der Waals surface area contributed by atoms with Crippen molar-refractivity contribution in [2.24, 2.45) is 11.3 Å². The summed E-state index contributed by atoms with van der Waals surface area (Å²) in [6.07, 6.45) is 3.63. The molecule has 0 spiro atoms. The van der Waals surface area contributed by atoms with Gasteiger partial charge < -0.3 is 5.32 Å². The largest absolute Gasteiger partial charge is 0.354 e. The molecule has 0 aromatic rings.